The van der Waals surface area contributed by atoms with E-state index in [0.29, 0.717) is 13.0 Å². The second-order valence-corrected chi connectivity index (χ2v) is 6.13. The van der Waals surface area contributed by atoms with Crippen molar-refractivity contribution < 1.29 is 14.3 Å². The summed E-state index contributed by atoms with van der Waals surface area (Å²) in [4.78, 5) is 12.0. The number of benzene rings is 2. The molecule has 0 spiro atoms. The average Bonchev–Trinajstić information content (AvgIpc) is 2.98. The lowest BCUT2D eigenvalue weighted by Gasteiger charge is -2.10. The summed E-state index contributed by atoms with van der Waals surface area (Å²) in [5, 5.41) is 6.10. The monoisotopic (exact) mass is 376 g/mol. The molecule has 3 rings (SSSR count). The van der Waals surface area contributed by atoms with Crippen LogP contribution >= 0.6 is 15.9 Å². The van der Waals surface area contributed by atoms with Gasteiger partial charge in [-0.25, -0.2) is 0 Å². The van der Waals surface area contributed by atoms with Gasteiger partial charge in [-0.15, -0.1) is 0 Å². The highest BCUT2D eigenvalue weighted by atomic mass is 79.9. The summed E-state index contributed by atoms with van der Waals surface area (Å²) in [6.45, 7) is 2.80. The first-order chi connectivity index (χ1) is 11.1. The Bertz CT molecular complexity index is 734. The maximum atomic E-state index is 12.0. The van der Waals surface area contributed by atoms with Crippen LogP contribution in [0.25, 0.3) is 0 Å². The first kappa shape index (κ1) is 15.7. The third-order valence-electron chi connectivity index (χ3n) is 3.45. The molecular weight excluding hydrogens is 360 g/mol. The minimum absolute atomic E-state index is 0.0391. The second-order valence-electron chi connectivity index (χ2n) is 5.28. The van der Waals surface area contributed by atoms with Crippen LogP contribution in [0, 0.1) is 6.92 Å². The minimum Gasteiger partial charge on any atom is -0.454 e. The zero-order valence-electron chi connectivity index (χ0n) is 12.7. The van der Waals surface area contributed by atoms with Gasteiger partial charge in [-0.1, -0.05) is 6.07 Å². The third kappa shape index (κ3) is 3.96. The molecule has 0 aromatic heterocycles. The molecule has 1 amide bonds. The van der Waals surface area contributed by atoms with E-state index < -0.39 is 0 Å². The van der Waals surface area contributed by atoms with Crippen molar-refractivity contribution in [2.24, 2.45) is 0 Å². The number of aryl methyl sites for hydroxylation is 1. The molecule has 5 nitrogen and oxygen atoms in total. The fourth-order valence-corrected chi connectivity index (χ4v) is 2.85. The van der Waals surface area contributed by atoms with E-state index in [2.05, 4.69) is 26.6 Å². The van der Waals surface area contributed by atoms with E-state index in [1.165, 1.54) is 0 Å². The Morgan fingerprint density at radius 2 is 2.00 bits per heavy atom. The number of hydrogen-bond acceptors (Lipinski definition) is 4. The van der Waals surface area contributed by atoms with Crippen LogP contribution in [0.3, 0.4) is 0 Å². The first-order valence-electron chi connectivity index (χ1n) is 7.31. The molecule has 0 radical (unpaired) electrons. The Kier molecular flexibility index (Phi) is 4.71. The molecular formula is C17H17BrN2O3. The zero-order chi connectivity index (χ0) is 16.2. The van der Waals surface area contributed by atoms with Crippen molar-refractivity contribution in [2.75, 3.05) is 24.0 Å². The van der Waals surface area contributed by atoms with Gasteiger partial charge < -0.3 is 20.1 Å². The molecule has 2 aromatic rings. The van der Waals surface area contributed by atoms with E-state index in [1.54, 1.807) is 0 Å². The normalized spacial score (nSPS) is 12.1. The number of fused-ring (bicyclic) bond motifs is 1. The fraction of sp³-hybridized carbons (Fsp3) is 0.235. The van der Waals surface area contributed by atoms with Crippen molar-refractivity contribution in [3.8, 4) is 11.5 Å². The predicted octanol–water partition coefficient (Wildman–Crippen LogP) is 3.93. The largest absolute Gasteiger partial charge is 0.454 e. The second kappa shape index (κ2) is 6.91. The van der Waals surface area contributed by atoms with Crippen molar-refractivity contribution in [3.05, 3.63) is 46.4 Å². The van der Waals surface area contributed by atoms with E-state index in [0.717, 1.165) is 32.9 Å². The molecule has 2 aromatic carbocycles. The SMILES string of the molecule is Cc1ccc(NC(=O)CCNc2ccc3c(c2)OCO3)c(Br)c1. The van der Waals surface area contributed by atoms with Gasteiger partial charge in [0.1, 0.15) is 0 Å². The molecule has 0 fully saturated rings. The van der Waals surface area contributed by atoms with E-state index in [-0.39, 0.29) is 12.7 Å². The van der Waals surface area contributed by atoms with Gasteiger partial charge in [0.05, 0.1) is 5.69 Å². The van der Waals surface area contributed by atoms with Gasteiger partial charge in [0, 0.05) is 29.2 Å². The fourth-order valence-electron chi connectivity index (χ4n) is 2.26. The van der Waals surface area contributed by atoms with Gasteiger partial charge >= 0.3 is 0 Å². The molecule has 23 heavy (non-hydrogen) atoms. The van der Waals surface area contributed by atoms with Crippen LogP contribution < -0.4 is 20.1 Å². The molecule has 1 heterocycles. The summed E-state index contributed by atoms with van der Waals surface area (Å²) >= 11 is 3.45. The lowest BCUT2D eigenvalue weighted by atomic mass is 10.2. The lowest BCUT2D eigenvalue weighted by molar-refractivity contribution is -0.115. The van der Waals surface area contributed by atoms with Crippen LogP contribution in [-0.4, -0.2) is 19.2 Å². The smallest absolute Gasteiger partial charge is 0.231 e. The summed E-state index contributed by atoms with van der Waals surface area (Å²) in [6, 6.07) is 11.5. The van der Waals surface area contributed by atoms with Crippen molar-refractivity contribution in [3.63, 3.8) is 0 Å². The summed E-state index contributed by atoms with van der Waals surface area (Å²) in [5.41, 5.74) is 2.82. The minimum atomic E-state index is -0.0391. The van der Waals surface area contributed by atoms with Crippen molar-refractivity contribution in [1.29, 1.82) is 0 Å². The van der Waals surface area contributed by atoms with E-state index in [1.807, 2.05) is 43.3 Å². The van der Waals surface area contributed by atoms with E-state index >= 15 is 0 Å². The number of halogens is 1. The van der Waals surface area contributed by atoms with Crippen LogP contribution in [0.1, 0.15) is 12.0 Å². The molecule has 0 aliphatic carbocycles. The predicted molar refractivity (Wildman–Crippen MR) is 93.2 cm³/mol. The van der Waals surface area contributed by atoms with Crippen LogP contribution in [0.15, 0.2) is 40.9 Å². The van der Waals surface area contributed by atoms with Gasteiger partial charge in [0.25, 0.3) is 0 Å². The van der Waals surface area contributed by atoms with Gasteiger partial charge in [0.15, 0.2) is 11.5 Å². The number of carbonyl (C=O) groups is 1. The van der Waals surface area contributed by atoms with Gasteiger partial charge in [-0.2, -0.15) is 0 Å². The number of amides is 1. The Balaban J connectivity index is 1.49. The van der Waals surface area contributed by atoms with Gasteiger partial charge in [0.2, 0.25) is 12.7 Å². The first-order valence-corrected chi connectivity index (χ1v) is 8.10. The highest BCUT2D eigenvalue weighted by Crippen LogP contribution is 2.34. The Morgan fingerprint density at radius 1 is 1.17 bits per heavy atom. The summed E-state index contributed by atoms with van der Waals surface area (Å²) in [6.07, 6.45) is 0.370. The molecule has 0 unspecified atom stereocenters. The third-order valence-corrected chi connectivity index (χ3v) is 4.11. The maximum absolute atomic E-state index is 12.0. The number of rotatable bonds is 5. The highest BCUT2D eigenvalue weighted by Gasteiger charge is 2.13. The zero-order valence-corrected chi connectivity index (χ0v) is 14.3. The molecule has 120 valence electrons. The Labute approximate surface area is 143 Å². The molecule has 0 saturated carbocycles. The molecule has 0 bridgehead atoms. The Hall–Kier alpha value is -2.21. The average molecular weight is 377 g/mol. The number of nitrogens with one attached hydrogen (secondary N) is 2. The topological polar surface area (TPSA) is 59.6 Å². The number of carbonyl (C=O) groups excluding carboxylic acids is 1. The van der Waals surface area contributed by atoms with Crippen LogP contribution in [-0.2, 0) is 4.79 Å². The van der Waals surface area contributed by atoms with Crippen LogP contribution in [0.4, 0.5) is 11.4 Å². The van der Waals surface area contributed by atoms with E-state index in [9.17, 15) is 4.79 Å². The van der Waals surface area contributed by atoms with Crippen LogP contribution in [0.5, 0.6) is 11.5 Å². The summed E-state index contributed by atoms with van der Waals surface area (Å²) in [7, 11) is 0. The molecule has 6 heteroatoms. The number of ether oxygens (including phenoxy) is 2. The van der Waals surface area contributed by atoms with Gasteiger partial charge in [-0.05, 0) is 52.7 Å². The number of hydrogen-bond donors (Lipinski definition) is 2. The molecule has 0 saturated heterocycles. The molecule has 1 aliphatic rings. The number of anilines is 2. The molecule has 0 atom stereocenters. The molecule has 2 N–H and O–H groups in total. The maximum Gasteiger partial charge on any atom is 0.231 e. The highest BCUT2D eigenvalue weighted by molar-refractivity contribution is 9.10. The van der Waals surface area contributed by atoms with E-state index in [4.69, 9.17) is 9.47 Å². The quantitative estimate of drug-likeness (QED) is 0.829. The Morgan fingerprint density at radius 3 is 2.83 bits per heavy atom. The van der Waals surface area contributed by atoms with Crippen molar-refractivity contribution >= 4 is 33.2 Å². The standard InChI is InChI=1S/C17H17BrN2O3/c1-11-2-4-14(13(18)8-11)20-17(21)6-7-19-12-3-5-15-16(9-12)23-10-22-15/h2-5,8-9,19H,6-7,10H2,1H3,(H,20,21). The van der Waals surface area contributed by atoms with Crippen molar-refractivity contribution in [1.82, 2.24) is 0 Å². The summed E-state index contributed by atoms with van der Waals surface area (Å²) < 4.78 is 11.5. The van der Waals surface area contributed by atoms with Crippen LogP contribution in [0.2, 0.25) is 0 Å². The summed E-state index contributed by atoms with van der Waals surface area (Å²) in [5.74, 6) is 1.43. The lowest BCUT2D eigenvalue weighted by Crippen LogP contribution is -2.16. The van der Waals surface area contributed by atoms with Crippen molar-refractivity contribution in [2.45, 2.75) is 13.3 Å². The molecule has 1 aliphatic heterocycles. The van der Waals surface area contributed by atoms with Gasteiger partial charge in [-0.3, -0.25) is 4.79 Å².